The number of carbonyl (C=O) groups is 2. The molecule has 1 aromatic heterocycles. The molecule has 2 aromatic carbocycles. The van der Waals surface area contributed by atoms with Crippen LogP contribution in [0.25, 0.3) is 10.9 Å². The molecule has 4 rings (SSSR count). The standard InChI is InChI=1S/C23H25N5O3/c1-2-27(14-20-25-19-7-4-3-6-18(19)23(31)26-20)15-21(29)24-16-9-11-17(12-10-16)28-13-5-8-22(28)30/h3-4,6-7,9-12H,2,5,8,13-15H2,1H3,(H,24,29)(H,25,26,31). The summed E-state index contributed by atoms with van der Waals surface area (Å²) in [6.45, 7) is 3.84. The molecule has 1 aliphatic heterocycles. The fraction of sp³-hybridized carbons (Fsp3) is 0.304. The maximum Gasteiger partial charge on any atom is 0.258 e. The lowest BCUT2D eigenvalue weighted by molar-refractivity contribution is -0.118. The summed E-state index contributed by atoms with van der Waals surface area (Å²) in [4.78, 5) is 47.6. The van der Waals surface area contributed by atoms with Gasteiger partial charge in [0.2, 0.25) is 11.8 Å². The summed E-state index contributed by atoms with van der Waals surface area (Å²) < 4.78 is 0. The van der Waals surface area contributed by atoms with Crippen molar-refractivity contribution in [3.8, 4) is 0 Å². The second-order valence-corrected chi connectivity index (χ2v) is 7.58. The van der Waals surface area contributed by atoms with Gasteiger partial charge in [0.25, 0.3) is 5.56 Å². The van der Waals surface area contributed by atoms with E-state index in [4.69, 9.17) is 0 Å². The lowest BCUT2D eigenvalue weighted by Crippen LogP contribution is -2.33. The van der Waals surface area contributed by atoms with E-state index in [1.54, 1.807) is 35.2 Å². The first-order chi connectivity index (χ1) is 15.0. The molecule has 1 saturated heterocycles. The van der Waals surface area contributed by atoms with Crippen molar-refractivity contribution in [1.29, 1.82) is 0 Å². The summed E-state index contributed by atoms with van der Waals surface area (Å²) >= 11 is 0. The fourth-order valence-electron chi connectivity index (χ4n) is 3.75. The summed E-state index contributed by atoms with van der Waals surface area (Å²) in [6, 6.07) is 14.5. The minimum Gasteiger partial charge on any atom is -0.325 e. The van der Waals surface area contributed by atoms with E-state index in [0.29, 0.717) is 41.9 Å². The number of aromatic nitrogens is 2. The molecule has 8 heteroatoms. The Bertz CT molecular complexity index is 1160. The molecule has 2 heterocycles. The van der Waals surface area contributed by atoms with Crippen LogP contribution in [0.15, 0.2) is 53.3 Å². The number of nitrogens with one attached hydrogen (secondary N) is 2. The molecule has 0 unspecified atom stereocenters. The third-order valence-electron chi connectivity index (χ3n) is 5.39. The highest BCUT2D eigenvalue weighted by atomic mass is 16.2. The molecule has 0 bridgehead atoms. The van der Waals surface area contributed by atoms with Crippen LogP contribution in [0, 0.1) is 0 Å². The van der Waals surface area contributed by atoms with Gasteiger partial charge in [-0.3, -0.25) is 19.3 Å². The molecular weight excluding hydrogens is 394 g/mol. The van der Waals surface area contributed by atoms with E-state index in [9.17, 15) is 14.4 Å². The van der Waals surface area contributed by atoms with Crippen LogP contribution < -0.4 is 15.8 Å². The van der Waals surface area contributed by atoms with Crippen molar-refractivity contribution in [2.75, 3.05) is 29.9 Å². The molecule has 3 aromatic rings. The molecule has 0 atom stereocenters. The minimum atomic E-state index is -0.183. The molecule has 0 aliphatic carbocycles. The molecule has 31 heavy (non-hydrogen) atoms. The second kappa shape index (κ2) is 9.09. The molecule has 0 spiro atoms. The normalized spacial score (nSPS) is 13.9. The van der Waals surface area contributed by atoms with Crippen molar-refractivity contribution < 1.29 is 9.59 Å². The van der Waals surface area contributed by atoms with Crippen LogP contribution in [0.4, 0.5) is 11.4 Å². The second-order valence-electron chi connectivity index (χ2n) is 7.58. The van der Waals surface area contributed by atoms with E-state index in [2.05, 4.69) is 15.3 Å². The molecule has 0 saturated carbocycles. The predicted molar refractivity (Wildman–Crippen MR) is 120 cm³/mol. The highest BCUT2D eigenvalue weighted by Gasteiger charge is 2.21. The number of amides is 2. The number of anilines is 2. The van der Waals surface area contributed by atoms with Gasteiger partial charge in [-0.2, -0.15) is 0 Å². The van der Waals surface area contributed by atoms with Gasteiger partial charge in [-0.15, -0.1) is 0 Å². The molecule has 0 radical (unpaired) electrons. The molecule has 1 fully saturated rings. The summed E-state index contributed by atoms with van der Waals surface area (Å²) in [7, 11) is 0. The maximum absolute atomic E-state index is 12.5. The van der Waals surface area contributed by atoms with Crippen LogP contribution >= 0.6 is 0 Å². The van der Waals surface area contributed by atoms with Gasteiger partial charge in [0.15, 0.2) is 0 Å². The molecular formula is C23H25N5O3. The third-order valence-corrected chi connectivity index (χ3v) is 5.39. The number of hydrogen-bond donors (Lipinski definition) is 2. The van der Waals surface area contributed by atoms with Gasteiger partial charge in [-0.1, -0.05) is 19.1 Å². The molecule has 1 aliphatic rings. The number of likely N-dealkylation sites (N-methyl/N-ethyl adjacent to an activating group) is 1. The van der Waals surface area contributed by atoms with Crippen LogP contribution in [0.3, 0.4) is 0 Å². The summed E-state index contributed by atoms with van der Waals surface area (Å²) in [5.41, 5.74) is 1.98. The van der Waals surface area contributed by atoms with E-state index in [0.717, 1.165) is 18.7 Å². The quantitative estimate of drug-likeness (QED) is 0.613. The van der Waals surface area contributed by atoms with Gasteiger partial charge in [0.1, 0.15) is 5.82 Å². The first kappa shape index (κ1) is 20.7. The van der Waals surface area contributed by atoms with Gasteiger partial charge in [0, 0.05) is 24.3 Å². The molecule has 160 valence electrons. The highest BCUT2D eigenvalue weighted by molar-refractivity contribution is 5.96. The Hall–Kier alpha value is -3.52. The lowest BCUT2D eigenvalue weighted by atomic mass is 10.2. The summed E-state index contributed by atoms with van der Waals surface area (Å²) in [5.74, 6) is 0.503. The first-order valence-electron chi connectivity index (χ1n) is 10.4. The molecule has 2 amide bonds. The number of para-hydroxylation sites is 1. The molecule has 2 N–H and O–H groups in total. The van der Waals surface area contributed by atoms with Crippen LogP contribution in [-0.4, -0.2) is 46.3 Å². The smallest absolute Gasteiger partial charge is 0.258 e. The zero-order valence-electron chi connectivity index (χ0n) is 17.4. The number of hydrogen-bond acceptors (Lipinski definition) is 5. The monoisotopic (exact) mass is 419 g/mol. The largest absolute Gasteiger partial charge is 0.325 e. The number of benzene rings is 2. The van der Waals surface area contributed by atoms with E-state index in [1.165, 1.54) is 0 Å². The highest BCUT2D eigenvalue weighted by Crippen LogP contribution is 2.23. The number of fused-ring (bicyclic) bond motifs is 1. The number of carbonyl (C=O) groups excluding carboxylic acids is 2. The average Bonchev–Trinajstić information content (AvgIpc) is 3.19. The Balaban J connectivity index is 1.38. The minimum absolute atomic E-state index is 0.135. The summed E-state index contributed by atoms with van der Waals surface area (Å²) in [5, 5.41) is 3.43. The van der Waals surface area contributed by atoms with Crippen molar-refractivity contribution in [3.05, 3.63) is 64.7 Å². The Morgan fingerprint density at radius 2 is 1.94 bits per heavy atom. The zero-order chi connectivity index (χ0) is 21.8. The average molecular weight is 419 g/mol. The van der Waals surface area contributed by atoms with Crippen molar-refractivity contribution in [1.82, 2.24) is 14.9 Å². The Kier molecular flexibility index (Phi) is 6.08. The van der Waals surface area contributed by atoms with Crippen LogP contribution in [0.2, 0.25) is 0 Å². The summed E-state index contributed by atoms with van der Waals surface area (Å²) in [6.07, 6.45) is 1.46. The Morgan fingerprint density at radius 3 is 2.65 bits per heavy atom. The fourth-order valence-corrected chi connectivity index (χ4v) is 3.75. The lowest BCUT2D eigenvalue weighted by Gasteiger charge is -2.20. The number of aromatic amines is 1. The Morgan fingerprint density at radius 1 is 1.16 bits per heavy atom. The van der Waals surface area contributed by atoms with E-state index in [1.807, 2.05) is 30.0 Å². The first-order valence-corrected chi connectivity index (χ1v) is 10.4. The maximum atomic E-state index is 12.5. The van der Waals surface area contributed by atoms with Crippen molar-refractivity contribution >= 4 is 34.1 Å². The van der Waals surface area contributed by atoms with Gasteiger partial charge < -0.3 is 15.2 Å². The van der Waals surface area contributed by atoms with Crippen molar-refractivity contribution in [2.45, 2.75) is 26.3 Å². The van der Waals surface area contributed by atoms with Crippen LogP contribution in [-0.2, 0) is 16.1 Å². The van der Waals surface area contributed by atoms with Crippen molar-refractivity contribution in [3.63, 3.8) is 0 Å². The predicted octanol–water partition coefficient (Wildman–Crippen LogP) is 2.51. The van der Waals surface area contributed by atoms with E-state index < -0.39 is 0 Å². The number of rotatable bonds is 7. The van der Waals surface area contributed by atoms with Crippen LogP contribution in [0.1, 0.15) is 25.6 Å². The number of H-pyrrole nitrogens is 1. The number of nitrogens with zero attached hydrogens (tertiary/aromatic N) is 3. The van der Waals surface area contributed by atoms with Gasteiger partial charge in [-0.05, 0) is 49.4 Å². The van der Waals surface area contributed by atoms with E-state index >= 15 is 0 Å². The van der Waals surface area contributed by atoms with Crippen molar-refractivity contribution in [2.24, 2.45) is 0 Å². The van der Waals surface area contributed by atoms with Gasteiger partial charge in [-0.25, -0.2) is 4.98 Å². The van der Waals surface area contributed by atoms with Gasteiger partial charge in [0.05, 0.1) is 24.0 Å². The van der Waals surface area contributed by atoms with Crippen LogP contribution in [0.5, 0.6) is 0 Å². The topological polar surface area (TPSA) is 98.4 Å². The Labute approximate surface area is 179 Å². The SMILES string of the molecule is CCN(CC(=O)Nc1ccc(N2CCCC2=O)cc1)Cc1nc2ccccc2c(=O)[nH]1. The molecule has 8 nitrogen and oxygen atoms in total. The van der Waals surface area contributed by atoms with Gasteiger partial charge >= 0.3 is 0 Å². The zero-order valence-corrected chi connectivity index (χ0v) is 17.4. The van der Waals surface area contributed by atoms with E-state index in [-0.39, 0.29) is 23.9 Å². The third kappa shape index (κ3) is 4.80.